The minimum atomic E-state index is -0.297. The number of hydrogen-bond donors (Lipinski definition) is 1. The third-order valence-electron chi connectivity index (χ3n) is 4.61. The van der Waals surface area contributed by atoms with Crippen molar-refractivity contribution in [2.45, 2.75) is 38.1 Å². The summed E-state index contributed by atoms with van der Waals surface area (Å²) in [5.74, 6) is 0.528. The van der Waals surface area contributed by atoms with Crippen molar-refractivity contribution in [2.75, 3.05) is 7.05 Å². The van der Waals surface area contributed by atoms with Crippen molar-refractivity contribution in [3.05, 3.63) is 34.3 Å². The van der Waals surface area contributed by atoms with Crippen molar-refractivity contribution in [1.82, 2.24) is 9.88 Å². The summed E-state index contributed by atoms with van der Waals surface area (Å²) in [4.78, 5) is 11.5. The van der Waals surface area contributed by atoms with Crippen LogP contribution in [0.2, 0.25) is 0 Å². The lowest BCUT2D eigenvalue weighted by atomic mass is 9.93. The molecule has 1 saturated carbocycles. The lowest BCUT2D eigenvalue weighted by Gasteiger charge is -2.20. The molecule has 1 heterocycles. The fourth-order valence-corrected chi connectivity index (χ4v) is 3.37. The molecular weight excluding hydrogens is 252 g/mol. The molecule has 0 aliphatic heterocycles. The number of aromatic nitrogens is 1. The van der Waals surface area contributed by atoms with Crippen LogP contribution in [0.5, 0.6) is 0 Å². The summed E-state index contributed by atoms with van der Waals surface area (Å²) in [6, 6.07) is 6.43. The van der Waals surface area contributed by atoms with Crippen LogP contribution in [-0.4, -0.2) is 11.6 Å². The monoisotopic (exact) mass is 274 g/mol. The predicted octanol–water partition coefficient (Wildman–Crippen LogP) is 2.97. The van der Waals surface area contributed by atoms with Crippen LogP contribution in [0, 0.1) is 5.92 Å². The van der Waals surface area contributed by atoms with Gasteiger partial charge in [-0.2, -0.15) is 0 Å². The molecule has 1 atom stereocenters. The fraction of sp³-hybridized carbons (Fsp3) is 0.562. The van der Waals surface area contributed by atoms with Crippen LogP contribution >= 0.6 is 0 Å². The van der Waals surface area contributed by atoms with Crippen LogP contribution in [0.15, 0.2) is 27.4 Å². The van der Waals surface area contributed by atoms with Crippen LogP contribution in [-0.2, 0) is 7.05 Å². The summed E-state index contributed by atoms with van der Waals surface area (Å²) >= 11 is 0. The number of aryl methyl sites for hydroxylation is 1. The summed E-state index contributed by atoms with van der Waals surface area (Å²) in [7, 11) is 3.74. The molecule has 0 radical (unpaired) electrons. The van der Waals surface area contributed by atoms with E-state index < -0.39 is 0 Å². The highest BCUT2D eigenvalue weighted by atomic mass is 16.4. The number of benzene rings is 1. The molecule has 0 saturated heterocycles. The molecule has 4 heteroatoms. The molecule has 1 fully saturated rings. The van der Waals surface area contributed by atoms with E-state index in [1.54, 1.807) is 11.6 Å². The number of rotatable bonds is 4. The van der Waals surface area contributed by atoms with E-state index in [1.807, 2.05) is 19.2 Å². The number of fused-ring (bicyclic) bond motifs is 1. The van der Waals surface area contributed by atoms with Crippen molar-refractivity contribution in [1.29, 1.82) is 0 Å². The molecule has 1 aromatic heterocycles. The summed E-state index contributed by atoms with van der Waals surface area (Å²) < 4.78 is 6.83. The zero-order chi connectivity index (χ0) is 14.1. The molecule has 2 aromatic rings. The van der Waals surface area contributed by atoms with Gasteiger partial charge in [0.05, 0.1) is 5.52 Å². The van der Waals surface area contributed by atoms with E-state index in [9.17, 15) is 4.79 Å². The first-order chi connectivity index (χ1) is 9.69. The van der Waals surface area contributed by atoms with Gasteiger partial charge in [-0.1, -0.05) is 31.7 Å². The number of oxazole rings is 1. The number of hydrogen-bond acceptors (Lipinski definition) is 3. The molecule has 0 spiro atoms. The highest BCUT2D eigenvalue weighted by Gasteiger charge is 2.21. The average Bonchev–Trinajstić information content (AvgIpc) is 3.05. The first kappa shape index (κ1) is 13.4. The molecule has 1 aliphatic rings. The summed E-state index contributed by atoms with van der Waals surface area (Å²) in [6.07, 6.45) is 6.60. The van der Waals surface area contributed by atoms with E-state index in [2.05, 4.69) is 11.4 Å². The number of nitrogens with one attached hydrogen (secondary N) is 1. The van der Waals surface area contributed by atoms with Crippen LogP contribution in [0.4, 0.5) is 0 Å². The predicted molar refractivity (Wildman–Crippen MR) is 79.8 cm³/mol. The maximum absolute atomic E-state index is 11.5. The molecule has 1 N–H and O–H groups in total. The zero-order valence-corrected chi connectivity index (χ0v) is 12.2. The molecule has 20 heavy (non-hydrogen) atoms. The summed E-state index contributed by atoms with van der Waals surface area (Å²) in [6.45, 7) is 0. The van der Waals surface area contributed by atoms with E-state index in [0.717, 1.165) is 11.4 Å². The third-order valence-corrected chi connectivity index (χ3v) is 4.61. The van der Waals surface area contributed by atoms with Crippen molar-refractivity contribution >= 4 is 11.1 Å². The number of nitrogens with zero attached hydrogens (tertiary/aromatic N) is 1. The highest BCUT2D eigenvalue weighted by Crippen LogP contribution is 2.33. The van der Waals surface area contributed by atoms with Gasteiger partial charge in [-0.3, -0.25) is 4.57 Å². The van der Waals surface area contributed by atoms with Gasteiger partial charge < -0.3 is 9.73 Å². The molecule has 1 unspecified atom stereocenters. The molecular formula is C16H22N2O2. The van der Waals surface area contributed by atoms with Gasteiger partial charge in [0.2, 0.25) is 0 Å². The molecule has 4 nitrogen and oxygen atoms in total. The van der Waals surface area contributed by atoms with Crippen molar-refractivity contribution < 1.29 is 4.42 Å². The standard InChI is InChI=1S/C16H22N2O2/c1-17-13(9-11-5-3-4-6-11)12-7-8-14-15(10-12)20-16(19)18(14)2/h7-8,10-11,13,17H,3-6,9H2,1-2H3. The van der Waals surface area contributed by atoms with E-state index in [1.165, 1.54) is 37.7 Å². The Morgan fingerprint density at radius 3 is 2.85 bits per heavy atom. The topological polar surface area (TPSA) is 47.2 Å². The Morgan fingerprint density at radius 1 is 1.40 bits per heavy atom. The van der Waals surface area contributed by atoms with Gasteiger partial charge in [0.15, 0.2) is 5.58 Å². The van der Waals surface area contributed by atoms with Crippen LogP contribution in [0.3, 0.4) is 0 Å². The van der Waals surface area contributed by atoms with Gasteiger partial charge in [0.1, 0.15) is 0 Å². The second-order valence-electron chi connectivity index (χ2n) is 5.88. The lowest BCUT2D eigenvalue weighted by Crippen LogP contribution is -2.19. The van der Waals surface area contributed by atoms with E-state index in [-0.39, 0.29) is 5.76 Å². The summed E-state index contributed by atoms with van der Waals surface area (Å²) in [5, 5.41) is 3.40. The van der Waals surface area contributed by atoms with E-state index in [4.69, 9.17) is 4.42 Å². The molecule has 0 amide bonds. The Hall–Kier alpha value is -1.55. The molecule has 108 valence electrons. The van der Waals surface area contributed by atoms with Crippen LogP contribution < -0.4 is 11.1 Å². The van der Waals surface area contributed by atoms with Crippen LogP contribution in [0.25, 0.3) is 11.1 Å². The van der Waals surface area contributed by atoms with Crippen LogP contribution in [0.1, 0.15) is 43.7 Å². The molecule has 1 aliphatic carbocycles. The van der Waals surface area contributed by atoms with E-state index >= 15 is 0 Å². The average molecular weight is 274 g/mol. The SMILES string of the molecule is CNC(CC1CCCC1)c1ccc2c(c1)oc(=O)n2C. The van der Waals surface area contributed by atoms with Crippen molar-refractivity contribution in [3.8, 4) is 0 Å². The second kappa shape index (κ2) is 5.44. The largest absolute Gasteiger partial charge is 0.419 e. The maximum atomic E-state index is 11.5. The van der Waals surface area contributed by atoms with Gasteiger partial charge in [0, 0.05) is 13.1 Å². The molecule has 3 rings (SSSR count). The van der Waals surface area contributed by atoms with Crippen molar-refractivity contribution in [3.63, 3.8) is 0 Å². The first-order valence-corrected chi connectivity index (χ1v) is 7.46. The molecule has 1 aromatic carbocycles. The van der Waals surface area contributed by atoms with Gasteiger partial charge in [-0.05, 0) is 37.1 Å². The second-order valence-corrected chi connectivity index (χ2v) is 5.88. The quantitative estimate of drug-likeness (QED) is 0.932. The minimum absolute atomic E-state index is 0.297. The van der Waals surface area contributed by atoms with Gasteiger partial charge in [0.25, 0.3) is 0 Å². The van der Waals surface area contributed by atoms with Gasteiger partial charge in [-0.15, -0.1) is 0 Å². The van der Waals surface area contributed by atoms with Gasteiger partial charge in [-0.25, -0.2) is 4.79 Å². The molecule has 0 bridgehead atoms. The lowest BCUT2D eigenvalue weighted by molar-refractivity contribution is 0.413. The Balaban J connectivity index is 1.88. The third kappa shape index (κ3) is 2.40. The van der Waals surface area contributed by atoms with Crippen molar-refractivity contribution in [2.24, 2.45) is 13.0 Å². The normalized spacial score (nSPS) is 17.9. The smallest absolute Gasteiger partial charge is 0.408 e. The maximum Gasteiger partial charge on any atom is 0.419 e. The Kier molecular flexibility index (Phi) is 3.66. The first-order valence-electron chi connectivity index (χ1n) is 7.46. The Morgan fingerprint density at radius 2 is 2.15 bits per heavy atom. The highest BCUT2D eigenvalue weighted by molar-refractivity contribution is 5.73. The fourth-order valence-electron chi connectivity index (χ4n) is 3.37. The zero-order valence-electron chi connectivity index (χ0n) is 12.2. The Labute approximate surface area is 118 Å². The van der Waals surface area contributed by atoms with Gasteiger partial charge >= 0.3 is 5.76 Å². The minimum Gasteiger partial charge on any atom is -0.408 e. The summed E-state index contributed by atoms with van der Waals surface area (Å²) in [5.41, 5.74) is 2.75. The van der Waals surface area contributed by atoms with E-state index in [0.29, 0.717) is 11.6 Å². The Bertz CT molecular complexity index is 650.